The van der Waals surface area contributed by atoms with E-state index >= 15 is 0 Å². The molecular weight excluding hydrogens is 162 g/mol. The highest BCUT2D eigenvalue weighted by atomic mass is 16.1. The number of hydrogen-bond acceptors (Lipinski definition) is 1. The SMILES string of the molecule is C.C.C.CCC(C)C(=O)NC(C)C. The van der Waals surface area contributed by atoms with Crippen LogP contribution in [0.2, 0.25) is 0 Å². The van der Waals surface area contributed by atoms with Gasteiger partial charge in [0.05, 0.1) is 0 Å². The maximum Gasteiger partial charge on any atom is 0.223 e. The summed E-state index contributed by atoms with van der Waals surface area (Å²) in [6.07, 6.45) is 0.915. The Hall–Kier alpha value is -0.530. The molecule has 0 spiro atoms. The van der Waals surface area contributed by atoms with Gasteiger partial charge in [0.25, 0.3) is 0 Å². The van der Waals surface area contributed by atoms with Crippen molar-refractivity contribution in [1.82, 2.24) is 5.32 Å². The van der Waals surface area contributed by atoms with Crippen molar-refractivity contribution in [3.63, 3.8) is 0 Å². The predicted octanol–water partition coefficient (Wildman–Crippen LogP) is 3.47. The molecule has 1 N–H and O–H groups in total. The molecule has 0 aromatic heterocycles. The largest absolute Gasteiger partial charge is 0.354 e. The Bertz CT molecular complexity index is 111. The first-order valence-corrected chi connectivity index (χ1v) is 3.88. The lowest BCUT2D eigenvalue weighted by atomic mass is 10.1. The number of carbonyl (C=O) groups is 1. The van der Waals surface area contributed by atoms with E-state index in [0.29, 0.717) is 0 Å². The molecule has 1 amide bonds. The van der Waals surface area contributed by atoms with Crippen molar-refractivity contribution < 1.29 is 4.79 Å². The molecule has 13 heavy (non-hydrogen) atoms. The second kappa shape index (κ2) is 11.5. The standard InChI is InChI=1S/C8H17NO.3CH4/c1-5-7(4)8(10)9-6(2)3;;;/h6-7H,5H2,1-4H3,(H,9,10);3*1H4. The summed E-state index contributed by atoms with van der Waals surface area (Å²) in [6, 6.07) is 0.265. The van der Waals surface area contributed by atoms with Gasteiger partial charge in [-0.15, -0.1) is 0 Å². The highest BCUT2D eigenvalue weighted by molar-refractivity contribution is 5.78. The maximum absolute atomic E-state index is 11.1. The molecule has 0 rings (SSSR count). The summed E-state index contributed by atoms with van der Waals surface area (Å²) in [6.45, 7) is 7.91. The number of rotatable bonds is 3. The monoisotopic (exact) mass is 191 g/mol. The molecular formula is C11H29NO. The van der Waals surface area contributed by atoms with Crippen LogP contribution in [0.25, 0.3) is 0 Å². The van der Waals surface area contributed by atoms with Crippen LogP contribution in [0, 0.1) is 5.92 Å². The molecule has 0 aromatic rings. The molecule has 2 heteroatoms. The van der Waals surface area contributed by atoms with Gasteiger partial charge < -0.3 is 5.32 Å². The van der Waals surface area contributed by atoms with Crippen molar-refractivity contribution in [2.24, 2.45) is 5.92 Å². The second-order valence-electron chi connectivity index (χ2n) is 2.97. The normalized spacial score (nSPS) is 10.2. The predicted molar refractivity (Wildman–Crippen MR) is 62.9 cm³/mol. The molecule has 0 aromatic carbocycles. The Morgan fingerprint density at radius 3 is 1.77 bits per heavy atom. The molecule has 0 saturated heterocycles. The van der Waals surface area contributed by atoms with Gasteiger partial charge in [0.15, 0.2) is 0 Å². The Morgan fingerprint density at radius 2 is 1.54 bits per heavy atom. The first-order valence-electron chi connectivity index (χ1n) is 3.88. The minimum atomic E-state index is 0. The third-order valence-electron chi connectivity index (χ3n) is 1.49. The molecule has 0 aliphatic rings. The van der Waals surface area contributed by atoms with E-state index in [1.54, 1.807) is 0 Å². The molecule has 0 fully saturated rings. The van der Waals surface area contributed by atoms with Crippen LogP contribution in [-0.2, 0) is 4.79 Å². The lowest BCUT2D eigenvalue weighted by molar-refractivity contribution is -0.125. The number of hydrogen-bond donors (Lipinski definition) is 1. The fourth-order valence-corrected chi connectivity index (χ4v) is 0.612. The second-order valence-corrected chi connectivity index (χ2v) is 2.97. The average molecular weight is 191 g/mol. The molecule has 0 heterocycles. The zero-order chi connectivity index (χ0) is 8.15. The van der Waals surface area contributed by atoms with Gasteiger partial charge in [-0.1, -0.05) is 36.1 Å². The van der Waals surface area contributed by atoms with Crippen molar-refractivity contribution in [2.45, 2.75) is 62.4 Å². The summed E-state index contributed by atoms with van der Waals surface area (Å²) in [5, 5.41) is 2.85. The van der Waals surface area contributed by atoms with E-state index in [2.05, 4.69) is 5.32 Å². The van der Waals surface area contributed by atoms with Crippen molar-refractivity contribution in [1.29, 1.82) is 0 Å². The van der Waals surface area contributed by atoms with E-state index in [4.69, 9.17) is 0 Å². The van der Waals surface area contributed by atoms with Crippen LogP contribution in [0.4, 0.5) is 0 Å². The summed E-state index contributed by atoms with van der Waals surface area (Å²) in [4.78, 5) is 11.1. The molecule has 0 radical (unpaired) electrons. The lowest BCUT2D eigenvalue weighted by Crippen LogP contribution is -2.34. The fraction of sp³-hybridized carbons (Fsp3) is 0.909. The van der Waals surface area contributed by atoms with Crippen LogP contribution in [0.15, 0.2) is 0 Å². The van der Waals surface area contributed by atoms with Gasteiger partial charge in [-0.05, 0) is 20.3 Å². The van der Waals surface area contributed by atoms with Gasteiger partial charge in [-0.25, -0.2) is 0 Å². The number of carbonyl (C=O) groups excluding carboxylic acids is 1. The van der Waals surface area contributed by atoms with Crippen LogP contribution in [0.1, 0.15) is 56.4 Å². The lowest BCUT2D eigenvalue weighted by Gasteiger charge is -2.11. The van der Waals surface area contributed by atoms with E-state index in [0.717, 1.165) is 6.42 Å². The van der Waals surface area contributed by atoms with E-state index in [9.17, 15) is 4.79 Å². The maximum atomic E-state index is 11.1. The van der Waals surface area contributed by atoms with Crippen LogP contribution in [0.3, 0.4) is 0 Å². The van der Waals surface area contributed by atoms with E-state index in [1.165, 1.54) is 0 Å². The molecule has 1 atom stereocenters. The van der Waals surface area contributed by atoms with Gasteiger partial charge in [-0.2, -0.15) is 0 Å². The van der Waals surface area contributed by atoms with Crippen LogP contribution < -0.4 is 5.32 Å². The van der Waals surface area contributed by atoms with Gasteiger partial charge >= 0.3 is 0 Å². The zero-order valence-corrected chi connectivity index (χ0v) is 7.27. The van der Waals surface area contributed by atoms with Crippen LogP contribution in [0.5, 0.6) is 0 Å². The first kappa shape index (κ1) is 22.9. The molecule has 0 aliphatic carbocycles. The Morgan fingerprint density at radius 1 is 1.15 bits per heavy atom. The summed E-state index contributed by atoms with van der Waals surface area (Å²) >= 11 is 0. The molecule has 0 aliphatic heterocycles. The number of amides is 1. The summed E-state index contributed by atoms with van der Waals surface area (Å²) in [5.74, 6) is 0.319. The highest BCUT2D eigenvalue weighted by Crippen LogP contribution is 1.99. The third-order valence-corrected chi connectivity index (χ3v) is 1.49. The fourth-order valence-electron chi connectivity index (χ4n) is 0.612. The summed E-state index contributed by atoms with van der Waals surface area (Å²) in [5.41, 5.74) is 0. The summed E-state index contributed by atoms with van der Waals surface area (Å²) in [7, 11) is 0. The van der Waals surface area contributed by atoms with Crippen molar-refractivity contribution >= 4 is 5.91 Å². The molecule has 84 valence electrons. The first-order chi connectivity index (χ1) is 4.57. The molecule has 0 saturated carbocycles. The zero-order valence-electron chi connectivity index (χ0n) is 7.27. The minimum Gasteiger partial charge on any atom is -0.354 e. The van der Waals surface area contributed by atoms with Gasteiger partial charge in [0.2, 0.25) is 5.91 Å². The van der Waals surface area contributed by atoms with Crippen molar-refractivity contribution in [3.8, 4) is 0 Å². The van der Waals surface area contributed by atoms with Gasteiger partial charge in [-0.3, -0.25) is 4.79 Å². The topological polar surface area (TPSA) is 29.1 Å². The average Bonchev–Trinajstić information content (AvgIpc) is 1.85. The molecule has 2 nitrogen and oxygen atoms in total. The van der Waals surface area contributed by atoms with Gasteiger partial charge in [0, 0.05) is 12.0 Å². The quantitative estimate of drug-likeness (QED) is 0.727. The smallest absolute Gasteiger partial charge is 0.223 e. The Balaban J connectivity index is -0.000000135. The van der Waals surface area contributed by atoms with E-state index < -0.39 is 0 Å². The highest BCUT2D eigenvalue weighted by Gasteiger charge is 2.09. The van der Waals surface area contributed by atoms with Crippen LogP contribution >= 0.6 is 0 Å². The minimum absolute atomic E-state index is 0. The van der Waals surface area contributed by atoms with Crippen LogP contribution in [-0.4, -0.2) is 11.9 Å². The van der Waals surface area contributed by atoms with Gasteiger partial charge in [0.1, 0.15) is 0 Å². The molecule has 0 bridgehead atoms. The Kier molecular flexibility index (Phi) is 20.2. The van der Waals surface area contributed by atoms with E-state index in [-0.39, 0.29) is 40.1 Å². The van der Waals surface area contributed by atoms with E-state index in [1.807, 2.05) is 27.7 Å². The van der Waals surface area contributed by atoms with Crippen molar-refractivity contribution in [3.05, 3.63) is 0 Å². The number of nitrogens with one attached hydrogen (secondary N) is 1. The summed E-state index contributed by atoms with van der Waals surface area (Å²) < 4.78 is 0. The molecule has 1 unspecified atom stereocenters. The Labute approximate surface area is 85.1 Å². The van der Waals surface area contributed by atoms with Crippen molar-refractivity contribution in [2.75, 3.05) is 0 Å². The third kappa shape index (κ3) is 11.5.